The lowest BCUT2D eigenvalue weighted by molar-refractivity contribution is -0.141. The van der Waals surface area contributed by atoms with E-state index in [4.69, 9.17) is 0 Å². The smallest absolute Gasteiger partial charge is 0.350 e. The number of benzene rings is 1. The Bertz CT molecular complexity index is 1200. The fraction of sp³-hybridized carbons (Fsp3) is 0.304. The largest absolute Gasteiger partial charge is 0.434 e. The number of halogens is 3. The second kappa shape index (κ2) is 11.1. The number of hydrazone groups is 1. The summed E-state index contributed by atoms with van der Waals surface area (Å²) in [6, 6.07) is 9.06. The van der Waals surface area contributed by atoms with Gasteiger partial charge in [-0.3, -0.25) is 4.79 Å². The maximum atomic E-state index is 13.7. The molecule has 1 amide bonds. The summed E-state index contributed by atoms with van der Waals surface area (Å²) in [6.07, 6.45) is 0.782. The molecule has 0 unspecified atom stereocenters. The molecule has 3 heterocycles. The van der Waals surface area contributed by atoms with Crippen molar-refractivity contribution in [3.63, 3.8) is 0 Å². The van der Waals surface area contributed by atoms with Gasteiger partial charge in [0, 0.05) is 51.3 Å². The van der Waals surface area contributed by atoms with Crippen molar-refractivity contribution in [3.8, 4) is 0 Å². The number of nitrogens with one attached hydrogen (secondary N) is 2. The molecular formula is C23H24F3N9O. The van der Waals surface area contributed by atoms with Crippen LogP contribution < -0.4 is 10.7 Å². The average Bonchev–Trinajstić information content (AvgIpc) is 2.88. The molecule has 13 heteroatoms. The van der Waals surface area contributed by atoms with Crippen molar-refractivity contribution in [1.82, 2.24) is 29.7 Å². The van der Waals surface area contributed by atoms with Gasteiger partial charge >= 0.3 is 6.18 Å². The van der Waals surface area contributed by atoms with E-state index in [9.17, 15) is 18.0 Å². The topological polar surface area (TPSA) is 112 Å². The molecule has 0 radical (unpaired) electrons. The summed E-state index contributed by atoms with van der Waals surface area (Å²) >= 11 is 0. The van der Waals surface area contributed by atoms with E-state index in [0.717, 1.165) is 11.8 Å². The zero-order chi connectivity index (χ0) is 25.5. The average molecular weight is 500 g/mol. The highest BCUT2D eigenvalue weighted by Gasteiger charge is 2.39. The number of carbonyl (C=O) groups excluding carboxylic acids is 1. The fourth-order valence-corrected chi connectivity index (χ4v) is 3.45. The number of likely N-dealkylation sites (N-methyl/N-ethyl adjacent to an activating group) is 1. The van der Waals surface area contributed by atoms with Crippen molar-refractivity contribution in [2.75, 3.05) is 44.0 Å². The highest BCUT2D eigenvalue weighted by molar-refractivity contribution is 5.95. The zero-order valence-corrected chi connectivity index (χ0v) is 19.4. The number of nitrogens with zero attached hydrogens (tertiary/aromatic N) is 7. The van der Waals surface area contributed by atoms with Gasteiger partial charge in [-0.15, -0.1) is 0 Å². The Kier molecular flexibility index (Phi) is 7.68. The van der Waals surface area contributed by atoms with Crippen LogP contribution in [0.1, 0.15) is 27.2 Å². The summed E-state index contributed by atoms with van der Waals surface area (Å²) in [7, 11) is 1.89. The minimum Gasteiger partial charge on any atom is -0.350 e. The molecule has 0 saturated carbocycles. The third-order valence-electron chi connectivity index (χ3n) is 5.45. The summed E-state index contributed by atoms with van der Waals surface area (Å²) in [5.74, 6) is -0.585. The van der Waals surface area contributed by atoms with Gasteiger partial charge in [0.15, 0.2) is 5.69 Å². The van der Waals surface area contributed by atoms with Gasteiger partial charge in [0.25, 0.3) is 5.91 Å². The van der Waals surface area contributed by atoms with E-state index in [1.54, 1.807) is 30.6 Å². The number of piperazine rings is 1. The minimum atomic E-state index is -4.82. The third-order valence-corrected chi connectivity index (χ3v) is 5.45. The van der Waals surface area contributed by atoms with E-state index in [1.165, 1.54) is 11.1 Å². The summed E-state index contributed by atoms with van der Waals surface area (Å²) < 4.78 is 41.0. The molecule has 2 N–H and O–H groups in total. The Morgan fingerprint density at radius 2 is 1.75 bits per heavy atom. The van der Waals surface area contributed by atoms with Gasteiger partial charge in [-0.1, -0.05) is 24.3 Å². The van der Waals surface area contributed by atoms with Gasteiger partial charge in [0.1, 0.15) is 0 Å². The second-order valence-electron chi connectivity index (χ2n) is 8.09. The monoisotopic (exact) mass is 499 g/mol. The molecule has 0 aliphatic carbocycles. The van der Waals surface area contributed by atoms with E-state index < -0.39 is 23.3 Å². The van der Waals surface area contributed by atoms with E-state index in [2.05, 4.69) is 35.8 Å². The lowest BCUT2D eigenvalue weighted by Gasteiger charge is -2.32. The number of anilines is 2. The molecule has 0 atom stereocenters. The lowest BCUT2D eigenvalue weighted by Crippen LogP contribution is -2.47. The van der Waals surface area contributed by atoms with E-state index in [1.807, 2.05) is 24.1 Å². The van der Waals surface area contributed by atoms with Crippen LogP contribution in [-0.2, 0) is 12.7 Å². The van der Waals surface area contributed by atoms with Crippen LogP contribution in [0.4, 0.5) is 25.1 Å². The van der Waals surface area contributed by atoms with Crippen molar-refractivity contribution in [1.29, 1.82) is 0 Å². The van der Waals surface area contributed by atoms with Crippen LogP contribution in [-0.4, -0.2) is 75.1 Å². The standard InChI is InChI=1S/C23H24F3N9O/c1-34-9-11-35(12-10-34)20(36)18-15-30-22(32-19(18)23(24,25)26)33-31-14-17-5-3-16(4-6-17)13-29-21-27-7-2-8-28-21/h2-8,14-15H,9-13H2,1H3,(H,27,28,29)(H,30,32,33)/b31-14+. The first-order valence-corrected chi connectivity index (χ1v) is 11.1. The molecule has 1 saturated heterocycles. The molecule has 1 aliphatic heterocycles. The number of aromatic nitrogens is 4. The maximum Gasteiger partial charge on any atom is 0.434 e. The molecule has 1 aliphatic rings. The maximum absolute atomic E-state index is 13.7. The second-order valence-corrected chi connectivity index (χ2v) is 8.09. The van der Waals surface area contributed by atoms with Gasteiger partial charge < -0.3 is 15.1 Å². The van der Waals surface area contributed by atoms with Crippen LogP contribution in [0.3, 0.4) is 0 Å². The van der Waals surface area contributed by atoms with Crippen molar-refractivity contribution >= 4 is 24.0 Å². The molecular weight excluding hydrogens is 475 g/mol. The number of hydrogen-bond donors (Lipinski definition) is 2. The quantitative estimate of drug-likeness (QED) is 0.377. The first kappa shape index (κ1) is 25.0. The van der Waals surface area contributed by atoms with E-state index in [-0.39, 0.29) is 5.95 Å². The lowest BCUT2D eigenvalue weighted by atomic mass is 10.1. The molecule has 1 fully saturated rings. The van der Waals surface area contributed by atoms with Crippen LogP contribution in [0, 0.1) is 0 Å². The zero-order valence-electron chi connectivity index (χ0n) is 19.4. The predicted molar refractivity (Wildman–Crippen MR) is 127 cm³/mol. The molecule has 1 aromatic carbocycles. The minimum absolute atomic E-state index is 0.339. The fourth-order valence-electron chi connectivity index (χ4n) is 3.45. The normalized spacial score (nSPS) is 14.7. The molecule has 10 nitrogen and oxygen atoms in total. The predicted octanol–water partition coefficient (Wildman–Crippen LogP) is 2.73. The van der Waals surface area contributed by atoms with Crippen LogP contribution >= 0.6 is 0 Å². The number of hydrogen-bond acceptors (Lipinski definition) is 9. The Labute approximate surface area is 205 Å². The number of amides is 1. The Morgan fingerprint density at radius 3 is 2.42 bits per heavy atom. The van der Waals surface area contributed by atoms with Gasteiger partial charge in [-0.2, -0.15) is 18.3 Å². The van der Waals surface area contributed by atoms with Crippen molar-refractivity contribution in [2.24, 2.45) is 5.10 Å². The Balaban J connectivity index is 1.39. The summed E-state index contributed by atoms with van der Waals surface area (Å²) in [5.41, 5.74) is 2.22. The van der Waals surface area contributed by atoms with Crippen LogP contribution in [0.25, 0.3) is 0 Å². The Morgan fingerprint density at radius 1 is 1.06 bits per heavy atom. The van der Waals surface area contributed by atoms with Crippen molar-refractivity contribution in [3.05, 3.63) is 71.3 Å². The number of alkyl halides is 3. The van der Waals surface area contributed by atoms with Crippen LogP contribution in [0.15, 0.2) is 54.0 Å². The van der Waals surface area contributed by atoms with Gasteiger partial charge in [-0.25, -0.2) is 25.4 Å². The summed E-state index contributed by atoms with van der Waals surface area (Å²) in [6.45, 7) is 2.37. The molecule has 36 heavy (non-hydrogen) atoms. The first-order valence-electron chi connectivity index (χ1n) is 11.1. The highest BCUT2D eigenvalue weighted by atomic mass is 19.4. The number of carbonyl (C=O) groups is 1. The van der Waals surface area contributed by atoms with Crippen molar-refractivity contribution < 1.29 is 18.0 Å². The molecule has 2 aromatic heterocycles. The summed E-state index contributed by atoms with van der Waals surface area (Å²) in [5, 5.41) is 7.02. The SMILES string of the molecule is CN1CCN(C(=O)c2cnc(N/N=C/c3ccc(CNc4ncccn4)cc3)nc2C(F)(F)F)CC1. The van der Waals surface area contributed by atoms with Crippen molar-refractivity contribution in [2.45, 2.75) is 12.7 Å². The van der Waals surface area contributed by atoms with Gasteiger partial charge in [0.2, 0.25) is 11.9 Å². The molecule has 0 bridgehead atoms. The van der Waals surface area contributed by atoms with Gasteiger partial charge in [-0.05, 0) is 24.2 Å². The molecule has 3 aromatic rings. The van der Waals surface area contributed by atoms with Crippen LogP contribution in [0.5, 0.6) is 0 Å². The molecule has 188 valence electrons. The van der Waals surface area contributed by atoms with Crippen LogP contribution in [0.2, 0.25) is 0 Å². The molecule has 0 spiro atoms. The number of rotatable bonds is 7. The third kappa shape index (κ3) is 6.50. The van der Waals surface area contributed by atoms with E-state index >= 15 is 0 Å². The van der Waals surface area contributed by atoms with E-state index in [0.29, 0.717) is 44.2 Å². The summed E-state index contributed by atoms with van der Waals surface area (Å²) in [4.78, 5) is 31.7. The van der Waals surface area contributed by atoms with Gasteiger partial charge in [0.05, 0.1) is 11.8 Å². The molecule has 4 rings (SSSR count). The Hall–Kier alpha value is -4.13. The first-order chi connectivity index (χ1) is 17.3. The highest BCUT2D eigenvalue weighted by Crippen LogP contribution is 2.31.